The predicted octanol–water partition coefficient (Wildman–Crippen LogP) is 3.08. The summed E-state index contributed by atoms with van der Waals surface area (Å²) in [6, 6.07) is 7.97. The highest BCUT2D eigenvalue weighted by molar-refractivity contribution is 7.90. The molecule has 1 aliphatic heterocycles. The van der Waals surface area contributed by atoms with E-state index in [1.165, 1.54) is 0 Å². The van der Waals surface area contributed by atoms with E-state index < -0.39 is 15.4 Å². The van der Waals surface area contributed by atoms with Gasteiger partial charge in [-0.1, -0.05) is 0 Å². The normalized spacial score (nSPS) is 15.8. The van der Waals surface area contributed by atoms with Gasteiger partial charge in [-0.2, -0.15) is 15.1 Å². The number of aliphatic hydroxyl groups is 1. The van der Waals surface area contributed by atoms with Gasteiger partial charge in [0.1, 0.15) is 11.2 Å². The first-order valence-corrected chi connectivity index (χ1v) is 14.0. The van der Waals surface area contributed by atoms with Gasteiger partial charge in [0.2, 0.25) is 5.95 Å². The molecule has 1 aliphatic rings. The van der Waals surface area contributed by atoms with E-state index in [0.29, 0.717) is 29.2 Å². The van der Waals surface area contributed by atoms with Crippen LogP contribution < -0.4 is 15.5 Å². The van der Waals surface area contributed by atoms with Crippen LogP contribution in [0.15, 0.2) is 29.3 Å². The maximum atomic E-state index is 12.3. The molecule has 3 aromatic rings. The van der Waals surface area contributed by atoms with Crippen LogP contribution in [0.2, 0.25) is 0 Å². The first-order chi connectivity index (χ1) is 17.0. The van der Waals surface area contributed by atoms with Crippen molar-refractivity contribution in [3.63, 3.8) is 0 Å². The number of hydrogen-bond acceptors (Lipinski definition) is 10. The van der Waals surface area contributed by atoms with Crippen molar-refractivity contribution in [2.24, 2.45) is 0 Å². The van der Waals surface area contributed by atoms with Crippen LogP contribution in [-0.4, -0.2) is 77.9 Å². The molecule has 11 nitrogen and oxygen atoms in total. The fourth-order valence-corrected chi connectivity index (χ4v) is 4.96. The molecule has 0 amide bonds. The molecule has 1 atom stereocenters. The number of anilines is 4. The zero-order valence-electron chi connectivity index (χ0n) is 21.2. The minimum Gasteiger partial charge on any atom is -0.390 e. The van der Waals surface area contributed by atoms with Crippen LogP contribution in [0.5, 0.6) is 0 Å². The number of H-pyrrole nitrogens is 1. The summed E-state index contributed by atoms with van der Waals surface area (Å²) in [6.45, 7) is 8.73. The Balaban J connectivity index is 1.57. The van der Waals surface area contributed by atoms with Gasteiger partial charge in [-0.3, -0.25) is 5.10 Å². The third-order valence-corrected chi connectivity index (χ3v) is 7.04. The maximum absolute atomic E-state index is 12.3. The molecule has 1 aromatic carbocycles. The lowest BCUT2D eigenvalue weighted by atomic mass is 10.00. The van der Waals surface area contributed by atoms with E-state index in [-0.39, 0.29) is 11.1 Å². The fraction of sp³-hybridized carbons (Fsp3) is 0.542. The molecule has 1 fully saturated rings. The van der Waals surface area contributed by atoms with Crippen molar-refractivity contribution in [1.29, 1.82) is 0 Å². The monoisotopic (exact) mass is 517 g/mol. The van der Waals surface area contributed by atoms with E-state index in [9.17, 15) is 13.5 Å². The number of ether oxygens (including phenoxy) is 1. The van der Waals surface area contributed by atoms with Crippen molar-refractivity contribution >= 4 is 44.0 Å². The lowest BCUT2D eigenvalue weighted by molar-refractivity contribution is 0.0680. The molecular formula is C24H35N7O4S. The molecule has 0 aliphatic carbocycles. The average Bonchev–Trinajstić information content (AvgIpc) is 3.24. The summed E-state index contributed by atoms with van der Waals surface area (Å²) < 4.78 is 30.1. The van der Waals surface area contributed by atoms with Gasteiger partial charge < -0.3 is 25.4 Å². The number of nitrogens with one attached hydrogen (secondary N) is 3. The fourth-order valence-electron chi connectivity index (χ4n) is 4.19. The Labute approximate surface area is 211 Å². The highest BCUT2D eigenvalue weighted by Gasteiger charge is 2.23. The van der Waals surface area contributed by atoms with Crippen LogP contribution in [-0.2, 0) is 14.6 Å². The maximum Gasteiger partial charge on any atom is 0.231 e. The highest BCUT2D eigenvalue weighted by Crippen LogP contribution is 2.29. The number of sulfone groups is 1. The van der Waals surface area contributed by atoms with Crippen LogP contribution in [0.3, 0.4) is 0 Å². The van der Waals surface area contributed by atoms with Gasteiger partial charge in [-0.25, -0.2) is 8.42 Å². The molecule has 1 saturated heterocycles. The van der Waals surface area contributed by atoms with Crippen molar-refractivity contribution in [3.05, 3.63) is 24.3 Å². The minimum absolute atomic E-state index is 0.0200. The summed E-state index contributed by atoms with van der Waals surface area (Å²) >= 11 is 0. The highest BCUT2D eigenvalue weighted by atomic mass is 32.2. The third kappa shape index (κ3) is 6.62. The summed E-state index contributed by atoms with van der Waals surface area (Å²) in [4.78, 5) is 11.4. The van der Waals surface area contributed by atoms with Gasteiger partial charge in [-0.15, -0.1) is 0 Å². The Morgan fingerprint density at radius 1 is 1.19 bits per heavy atom. The van der Waals surface area contributed by atoms with Crippen molar-refractivity contribution in [1.82, 2.24) is 20.2 Å². The minimum atomic E-state index is -3.60. The molecular weight excluding hydrogens is 482 g/mol. The molecule has 0 spiro atoms. The van der Waals surface area contributed by atoms with Crippen molar-refractivity contribution in [2.45, 2.75) is 56.7 Å². The van der Waals surface area contributed by atoms with Gasteiger partial charge in [0.25, 0.3) is 0 Å². The SMILES string of the molecule is CC(CCCC(C)(C)O)Nc1nc(Nc2ccc(N3CCOCC3)cc2)nc2[nH]nc(S(C)(=O)=O)c12. The van der Waals surface area contributed by atoms with Crippen LogP contribution in [0.25, 0.3) is 11.0 Å². The number of morpholine rings is 1. The molecule has 1 unspecified atom stereocenters. The van der Waals surface area contributed by atoms with E-state index in [0.717, 1.165) is 56.8 Å². The summed E-state index contributed by atoms with van der Waals surface area (Å²) in [5.74, 6) is 0.703. The Hall–Kier alpha value is -2.96. The predicted molar refractivity (Wildman–Crippen MR) is 141 cm³/mol. The standard InChI is InChI=1S/C24H35N7O4S/c1-16(6-5-11-24(2,3)32)25-20-19-21(29-30-22(19)36(4,33)34)28-23(27-20)26-17-7-9-18(10-8-17)31-12-14-35-15-13-31/h7-10,16,32H,5-6,11-15H2,1-4H3,(H3,25,26,27,28,29,30). The van der Waals surface area contributed by atoms with Crippen molar-refractivity contribution < 1.29 is 18.3 Å². The molecule has 0 bridgehead atoms. The third-order valence-electron chi connectivity index (χ3n) is 6.05. The quantitative estimate of drug-likeness (QED) is 0.316. The number of benzene rings is 1. The van der Waals surface area contributed by atoms with E-state index in [4.69, 9.17) is 4.74 Å². The molecule has 0 saturated carbocycles. The molecule has 36 heavy (non-hydrogen) atoms. The molecule has 4 N–H and O–H groups in total. The van der Waals surface area contributed by atoms with E-state index >= 15 is 0 Å². The summed E-state index contributed by atoms with van der Waals surface area (Å²) in [7, 11) is -3.60. The largest absolute Gasteiger partial charge is 0.390 e. The zero-order chi connectivity index (χ0) is 25.9. The number of hydrogen-bond donors (Lipinski definition) is 4. The molecule has 196 valence electrons. The van der Waals surface area contributed by atoms with Gasteiger partial charge in [0, 0.05) is 36.8 Å². The smallest absolute Gasteiger partial charge is 0.231 e. The van der Waals surface area contributed by atoms with Crippen LogP contribution >= 0.6 is 0 Å². The Kier molecular flexibility index (Phi) is 7.67. The number of aromatic amines is 1. The van der Waals surface area contributed by atoms with Gasteiger partial charge in [0.15, 0.2) is 20.5 Å². The number of fused-ring (bicyclic) bond motifs is 1. The number of nitrogens with zero attached hydrogens (tertiary/aromatic N) is 4. The Morgan fingerprint density at radius 3 is 2.53 bits per heavy atom. The van der Waals surface area contributed by atoms with Crippen molar-refractivity contribution in [3.8, 4) is 0 Å². The van der Waals surface area contributed by atoms with Crippen LogP contribution in [0.1, 0.15) is 40.0 Å². The lowest BCUT2D eigenvalue weighted by Gasteiger charge is -2.28. The second-order valence-corrected chi connectivity index (χ2v) is 11.9. The van der Waals surface area contributed by atoms with E-state index in [2.05, 4.69) is 35.7 Å². The lowest BCUT2D eigenvalue weighted by Crippen LogP contribution is -2.36. The summed E-state index contributed by atoms with van der Waals surface area (Å²) in [6.07, 6.45) is 3.34. The first kappa shape index (κ1) is 26.1. The Bertz CT molecular complexity index is 1280. The van der Waals surface area contributed by atoms with Gasteiger partial charge in [-0.05, 0) is 64.3 Å². The molecule has 0 radical (unpaired) electrons. The number of aromatic nitrogens is 4. The van der Waals surface area contributed by atoms with Crippen LogP contribution in [0, 0.1) is 0 Å². The van der Waals surface area contributed by atoms with E-state index in [1.807, 2.05) is 31.2 Å². The van der Waals surface area contributed by atoms with Crippen LogP contribution in [0.4, 0.5) is 23.1 Å². The second kappa shape index (κ2) is 10.6. The molecule has 4 rings (SSSR count). The first-order valence-electron chi connectivity index (χ1n) is 12.1. The zero-order valence-corrected chi connectivity index (χ0v) is 22.0. The second-order valence-electron chi connectivity index (χ2n) is 9.94. The van der Waals surface area contributed by atoms with E-state index in [1.54, 1.807) is 13.8 Å². The van der Waals surface area contributed by atoms with Gasteiger partial charge in [0.05, 0.1) is 18.8 Å². The molecule has 12 heteroatoms. The summed E-state index contributed by atoms with van der Waals surface area (Å²) in [5, 5.41) is 23.5. The molecule has 3 heterocycles. The topological polar surface area (TPSA) is 145 Å². The summed E-state index contributed by atoms with van der Waals surface area (Å²) in [5.41, 5.74) is 1.51. The Morgan fingerprint density at radius 2 is 1.89 bits per heavy atom. The average molecular weight is 518 g/mol. The number of rotatable bonds is 10. The van der Waals surface area contributed by atoms with Crippen molar-refractivity contribution in [2.75, 3.05) is 48.1 Å². The van der Waals surface area contributed by atoms with Gasteiger partial charge >= 0.3 is 0 Å². The molecule has 2 aromatic heterocycles.